The van der Waals surface area contributed by atoms with Crippen LogP contribution >= 0.6 is 0 Å². The maximum Gasteiger partial charge on any atom is 0.0693 e. The molecule has 1 aromatic heterocycles. The lowest BCUT2D eigenvalue weighted by Crippen LogP contribution is -2.08. The number of hydrogen-bond donors (Lipinski definition) is 0. The molecule has 1 fully saturated rings. The van der Waals surface area contributed by atoms with Crippen molar-refractivity contribution in [3.8, 4) is 0 Å². The monoisotopic (exact) mass is 165 g/mol. The summed E-state index contributed by atoms with van der Waals surface area (Å²) in [7, 11) is 0. The quantitative estimate of drug-likeness (QED) is 0.597. The third kappa shape index (κ3) is 1.65. The van der Waals surface area contributed by atoms with Crippen LogP contribution in [-0.2, 0) is 0 Å². The Balaban J connectivity index is 2.02. The molecule has 66 valence electrons. The van der Waals surface area contributed by atoms with E-state index in [0.717, 1.165) is 0 Å². The molecule has 0 spiro atoms. The fraction of sp³-hybridized carbons (Fsp3) is 0.778. The lowest BCUT2D eigenvalue weighted by atomic mass is 10.1. The molecule has 0 radical (unpaired) electrons. The molecule has 0 bridgehead atoms. The van der Waals surface area contributed by atoms with Gasteiger partial charge in [-0.1, -0.05) is 30.9 Å². The van der Waals surface area contributed by atoms with E-state index in [4.69, 9.17) is 0 Å². The van der Waals surface area contributed by atoms with Crippen LogP contribution in [0, 0.1) is 0 Å². The Morgan fingerprint density at radius 2 is 1.83 bits per heavy atom. The molecule has 0 atom stereocenters. The first kappa shape index (κ1) is 7.77. The van der Waals surface area contributed by atoms with Gasteiger partial charge in [0, 0.05) is 6.20 Å². The summed E-state index contributed by atoms with van der Waals surface area (Å²) in [5.74, 6) is 0. The molecule has 1 aromatic rings. The van der Waals surface area contributed by atoms with Gasteiger partial charge in [0.15, 0.2) is 0 Å². The van der Waals surface area contributed by atoms with Crippen molar-refractivity contribution in [3.63, 3.8) is 0 Å². The Hall–Kier alpha value is -0.860. The van der Waals surface area contributed by atoms with Crippen LogP contribution in [0.2, 0.25) is 0 Å². The zero-order valence-corrected chi connectivity index (χ0v) is 7.32. The molecule has 1 heterocycles. The average Bonchev–Trinajstić information content (AvgIpc) is 2.48. The number of nitrogens with zero attached hydrogens (tertiary/aromatic N) is 3. The van der Waals surface area contributed by atoms with Gasteiger partial charge in [-0.3, -0.25) is 0 Å². The van der Waals surface area contributed by atoms with Crippen molar-refractivity contribution in [2.45, 2.75) is 44.6 Å². The second-order valence-corrected chi connectivity index (χ2v) is 3.53. The maximum atomic E-state index is 4.05. The largest absolute Gasteiger partial charge is 0.250 e. The second kappa shape index (κ2) is 3.70. The summed E-state index contributed by atoms with van der Waals surface area (Å²) in [6.45, 7) is 0. The summed E-state index contributed by atoms with van der Waals surface area (Å²) in [5, 5.41) is 7.89. The Kier molecular flexibility index (Phi) is 2.39. The lowest BCUT2D eigenvalue weighted by molar-refractivity contribution is 0.396. The molecule has 3 heteroatoms. The summed E-state index contributed by atoms with van der Waals surface area (Å²) < 4.78 is 2.02. The highest BCUT2D eigenvalue weighted by molar-refractivity contribution is 4.74. The SMILES string of the molecule is c1cn(C2CCCCCC2)nn1. The molecule has 12 heavy (non-hydrogen) atoms. The van der Waals surface area contributed by atoms with Gasteiger partial charge in [-0.15, -0.1) is 5.10 Å². The standard InChI is InChI=1S/C9H15N3/c1-2-4-6-9(5-3-1)12-8-7-10-11-12/h7-9H,1-6H2. The third-order valence-electron chi connectivity index (χ3n) is 2.64. The fourth-order valence-electron chi connectivity index (χ4n) is 1.93. The normalized spacial score (nSPS) is 20.7. The molecular weight excluding hydrogens is 150 g/mol. The molecule has 0 amide bonds. The van der Waals surface area contributed by atoms with Crippen LogP contribution in [0.3, 0.4) is 0 Å². The minimum Gasteiger partial charge on any atom is -0.250 e. The van der Waals surface area contributed by atoms with Gasteiger partial charge in [-0.2, -0.15) is 0 Å². The highest BCUT2D eigenvalue weighted by Gasteiger charge is 2.13. The van der Waals surface area contributed by atoms with E-state index in [2.05, 4.69) is 10.3 Å². The smallest absolute Gasteiger partial charge is 0.0693 e. The molecule has 0 unspecified atom stereocenters. The van der Waals surface area contributed by atoms with Crippen LogP contribution < -0.4 is 0 Å². The van der Waals surface area contributed by atoms with Gasteiger partial charge in [0.1, 0.15) is 0 Å². The van der Waals surface area contributed by atoms with Crippen LogP contribution in [0.1, 0.15) is 44.6 Å². The Morgan fingerprint density at radius 3 is 2.42 bits per heavy atom. The van der Waals surface area contributed by atoms with Crippen LogP contribution in [-0.4, -0.2) is 15.0 Å². The van der Waals surface area contributed by atoms with Gasteiger partial charge in [0.05, 0.1) is 12.2 Å². The second-order valence-electron chi connectivity index (χ2n) is 3.53. The highest BCUT2D eigenvalue weighted by atomic mass is 15.4. The van der Waals surface area contributed by atoms with E-state index in [1.54, 1.807) is 6.20 Å². The van der Waals surface area contributed by atoms with Gasteiger partial charge in [-0.05, 0) is 12.8 Å². The van der Waals surface area contributed by atoms with E-state index >= 15 is 0 Å². The van der Waals surface area contributed by atoms with Crippen molar-refractivity contribution in [1.82, 2.24) is 15.0 Å². The van der Waals surface area contributed by atoms with E-state index in [1.807, 2.05) is 10.9 Å². The topological polar surface area (TPSA) is 30.7 Å². The Bertz CT molecular complexity index is 210. The fourth-order valence-corrected chi connectivity index (χ4v) is 1.93. The van der Waals surface area contributed by atoms with Crippen LogP contribution in [0.25, 0.3) is 0 Å². The van der Waals surface area contributed by atoms with Crippen molar-refractivity contribution in [2.24, 2.45) is 0 Å². The van der Waals surface area contributed by atoms with E-state index in [1.165, 1.54) is 38.5 Å². The first-order valence-electron chi connectivity index (χ1n) is 4.82. The maximum absolute atomic E-state index is 4.05. The minimum atomic E-state index is 0.620. The molecule has 1 aliphatic rings. The zero-order chi connectivity index (χ0) is 8.23. The highest BCUT2D eigenvalue weighted by Crippen LogP contribution is 2.25. The predicted molar refractivity (Wildman–Crippen MR) is 46.8 cm³/mol. The minimum absolute atomic E-state index is 0.620. The van der Waals surface area contributed by atoms with E-state index in [0.29, 0.717) is 6.04 Å². The van der Waals surface area contributed by atoms with E-state index in [9.17, 15) is 0 Å². The van der Waals surface area contributed by atoms with Crippen molar-refractivity contribution < 1.29 is 0 Å². The van der Waals surface area contributed by atoms with Gasteiger partial charge < -0.3 is 0 Å². The number of hydrogen-bond acceptors (Lipinski definition) is 2. The molecule has 1 saturated carbocycles. The number of aromatic nitrogens is 3. The zero-order valence-electron chi connectivity index (χ0n) is 7.32. The third-order valence-corrected chi connectivity index (χ3v) is 2.64. The Labute approximate surface area is 72.8 Å². The van der Waals surface area contributed by atoms with E-state index in [-0.39, 0.29) is 0 Å². The first-order valence-corrected chi connectivity index (χ1v) is 4.82. The van der Waals surface area contributed by atoms with Gasteiger partial charge >= 0.3 is 0 Å². The van der Waals surface area contributed by atoms with Crippen LogP contribution in [0.5, 0.6) is 0 Å². The summed E-state index contributed by atoms with van der Waals surface area (Å²) in [6.07, 6.45) is 11.8. The molecule has 0 aromatic carbocycles. The first-order chi connectivity index (χ1) is 5.97. The van der Waals surface area contributed by atoms with Crippen LogP contribution in [0.4, 0.5) is 0 Å². The molecule has 1 aliphatic carbocycles. The van der Waals surface area contributed by atoms with Crippen molar-refractivity contribution in [1.29, 1.82) is 0 Å². The van der Waals surface area contributed by atoms with Gasteiger partial charge in [0.2, 0.25) is 0 Å². The molecule has 2 rings (SSSR count). The average molecular weight is 165 g/mol. The molecular formula is C9H15N3. The van der Waals surface area contributed by atoms with Gasteiger partial charge in [0.25, 0.3) is 0 Å². The summed E-state index contributed by atoms with van der Waals surface area (Å²) in [5.41, 5.74) is 0. The van der Waals surface area contributed by atoms with E-state index < -0.39 is 0 Å². The predicted octanol–water partition coefficient (Wildman–Crippen LogP) is 2.17. The van der Waals surface area contributed by atoms with Crippen molar-refractivity contribution in [3.05, 3.63) is 12.4 Å². The number of rotatable bonds is 1. The van der Waals surface area contributed by atoms with Crippen molar-refractivity contribution >= 4 is 0 Å². The summed E-state index contributed by atoms with van der Waals surface area (Å²) in [6, 6.07) is 0.620. The summed E-state index contributed by atoms with van der Waals surface area (Å²) >= 11 is 0. The van der Waals surface area contributed by atoms with Crippen LogP contribution in [0.15, 0.2) is 12.4 Å². The van der Waals surface area contributed by atoms with Gasteiger partial charge in [-0.25, -0.2) is 4.68 Å². The molecule has 0 saturated heterocycles. The summed E-state index contributed by atoms with van der Waals surface area (Å²) in [4.78, 5) is 0. The lowest BCUT2D eigenvalue weighted by Gasteiger charge is -2.12. The Morgan fingerprint density at radius 1 is 1.08 bits per heavy atom. The molecule has 0 N–H and O–H groups in total. The molecule has 0 aliphatic heterocycles. The van der Waals surface area contributed by atoms with Crippen molar-refractivity contribution in [2.75, 3.05) is 0 Å². The molecule has 3 nitrogen and oxygen atoms in total.